The minimum atomic E-state index is 0.289. The Labute approximate surface area is 113 Å². The number of benzene rings is 1. The zero-order valence-electron chi connectivity index (χ0n) is 9.80. The van der Waals surface area contributed by atoms with E-state index in [-0.39, 0.29) is 6.61 Å². The van der Waals surface area contributed by atoms with Gasteiger partial charge in [0.15, 0.2) is 11.5 Å². The highest BCUT2D eigenvalue weighted by Crippen LogP contribution is 2.18. The summed E-state index contributed by atoms with van der Waals surface area (Å²) in [5, 5.41) is 0.666. The third kappa shape index (κ3) is 2.43. The molecule has 3 rings (SSSR count). The van der Waals surface area contributed by atoms with E-state index in [1.165, 1.54) is 6.33 Å². The molecule has 0 spiro atoms. The summed E-state index contributed by atoms with van der Waals surface area (Å²) >= 11 is 5.80. The molecular weight excluding hydrogens is 266 g/mol. The molecule has 3 N–H and O–H groups in total. The number of nitrogens with one attached hydrogen (secondary N) is 1. The first kappa shape index (κ1) is 11.7. The number of aromatic nitrogens is 4. The van der Waals surface area contributed by atoms with Crippen molar-refractivity contribution in [2.24, 2.45) is 0 Å². The number of nitrogen functional groups attached to an aromatic ring is 1. The third-order valence-corrected chi connectivity index (χ3v) is 2.81. The van der Waals surface area contributed by atoms with Crippen LogP contribution in [0.1, 0.15) is 5.82 Å². The lowest BCUT2D eigenvalue weighted by molar-refractivity contribution is 0.297. The molecule has 96 valence electrons. The van der Waals surface area contributed by atoms with Crippen LogP contribution < -0.4 is 10.5 Å². The summed E-state index contributed by atoms with van der Waals surface area (Å²) in [4.78, 5) is 15.2. The summed E-state index contributed by atoms with van der Waals surface area (Å²) in [6.45, 7) is 0.289. The standard InChI is InChI=1S/C12H10ClN5O/c13-7-1-3-8(4-2-7)19-5-9-17-10-11(14)15-6-16-12(10)18-9/h1-4,6H,5H2,(H3,14,15,16,17,18). The maximum atomic E-state index is 5.80. The predicted molar refractivity (Wildman–Crippen MR) is 71.9 cm³/mol. The van der Waals surface area contributed by atoms with Gasteiger partial charge in [-0.3, -0.25) is 0 Å². The molecule has 0 aliphatic carbocycles. The maximum absolute atomic E-state index is 5.80. The Balaban J connectivity index is 1.78. The summed E-state index contributed by atoms with van der Waals surface area (Å²) in [6.07, 6.45) is 1.38. The highest BCUT2D eigenvalue weighted by atomic mass is 35.5. The molecule has 0 bridgehead atoms. The molecule has 0 saturated heterocycles. The second-order valence-corrected chi connectivity index (χ2v) is 4.32. The minimum Gasteiger partial charge on any atom is -0.486 e. The Morgan fingerprint density at radius 2 is 2.00 bits per heavy atom. The molecule has 19 heavy (non-hydrogen) atoms. The van der Waals surface area contributed by atoms with Crippen LogP contribution in [0.25, 0.3) is 11.2 Å². The van der Waals surface area contributed by atoms with Crippen LogP contribution in [0.2, 0.25) is 5.02 Å². The molecule has 1 aromatic carbocycles. The van der Waals surface area contributed by atoms with Crippen LogP contribution in [0, 0.1) is 0 Å². The summed E-state index contributed by atoms with van der Waals surface area (Å²) in [6, 6.07) is 7.11. The SMILES string of the molecule is Nc1ncnc2nc(COc3ccc(Cl)cc3)[nH]c12. The van der Waals surface area contributed by atoms with Gasteiger partial charge >= 0.3 is 0 Å². The smallest absolute Gasteiger partial charge is 0.183 e. The van der Waals surface area contributed by atoms with Crippen molar-refractivity contribution in [3.05, 3.63) is 41.4 Å². The van der Waals surface area contributed by atoms with Crippen LogP contribution in [0.5, 0.6) is 5.75 Å². The average molecular weight is 276 g/mol. The van der Waals surface area contributed by atoms with Crippen molar-refractivity contribution in [3.63, 3.8) is 0 Å². The number of halogens is 1. The van der Waals surface area contributed by atoms with Crippen LogP contribution in [-0.4, -0.2) is 19.9 Å². The largest absolute Gasteiger partial charge is 0.486 e. The molecule has 0 fully saturated rings. The number of imidazole rings is 1. The highest BCUT2D eigenvalue weighted by molar-refractivity contribution is 6.30. The molecule has 0 amide bonds. The molecule has 0 saturated carbocycles. The van der Waals surface area contributed by atoms with Gasteiger partial charge in [-0.05, 0) is 24.3 Å². The van der Waals surface area contributed by atoms with Crippen LogP contribution in [0.3, 0.4) is 0 Å². The van der Waals surface area contributed by atoms with Gasteiger partial charge in [0.1, 0.15) is 30.0 Å². The van der Waals surface area contributed by atoms with Gasteiger partial charge in [0.05, 0.1) is 0 Å². The van der Waals surface area contributed by atoms with Crippen molar-refractivity contribution in [1.29, 1.82) is 0 Å². The van der Waals surface area contributed by atoms with E-state index in [4.69, 9.17) is 22.1 Å². The molecule has 0 unspecified atom stereocenters. The van der Waals surface area contributed by atoms with E-state index in [1.54, 1.807) is 24.3 Å². The molecule has 2 heterocycles. The fraction of sp³-hybridized carbons (Fsp3) is 0.0833. The van der Waals surface area contributed by atoms with E-state index < -0.39 is 0 Å². The second-order valence-electron chi connectivity index (χ2n) is 3.88. The first-order valence-corrected chi connectivity index (χ1v) is 5.93. The van der Waals surface area contributed by atoms with E-state index in [2.05, 4.69) is 19.9 Å². The summed E-state index contributed by atoms with van der Waals surface area (Å²) in [7, 11) is 0. The van der Waals surface area contributed by atoms with Crippen molar-refractivity contribution in [2.75, 3.05) is 5.73 Å². The van der Waals surface area contributed by atoms with Gasteiger partial charge in [0.25, 0.3) is 0 Å². The van der Waals surface area contributed by atoms with Gasteiger partial charge in [0, 0.05) is 5.02 Å². The van der Waals surface area contributed by atoms with E-state index in [0.29, 0.717) is 33.6 Å². The fourth-order valence-corrected chi connectivity index (χ4v) is 1.77. The van der Waals surface area contributed by atoms with Gasteiger partial charge < -0.3 is 15.5 Å². The monoisotopic (exact) mass is 275 g/mol. The number of ether oxygens (including phenoxy) is 1. The summed E-state index contributed by atoms with van der Waals surface area (Å²) in [5.41, 5.74) is 6.87. The zero-order valence-corrected chi connectivity index (χ0v) is 10.6. The van der Waals surface area contributed by atoms with Gasteiger partial charge in [-0.25, -0.2) is 15.0 Å². The van der Waals surface area contributed by atoms with Crippen LogP contribution >= 0.6 is 11.6 Å². The quantitative estimate of drug-likeness (QED) is 0.764. The molecule has 0 radical (unpaired) electrons. The van der Waals surface area contributed by atoms with Crippen LogP contribution in [-0.2, 0) is 6.61 Å². The number of H-pyrrole nitrogens is 1. The Bertz CT molecular complexity index is 710. The lowest BCUT2D eigenvalue weighted by Crippen LogP contribution is -1.97. The zero-order chi connectivity index (χ0) is 13.2. The molecule has 0 atom stereocenters. The molecular formula is C12H10ClN5O. The van der Waals surface area contributed by atoms with Crippen molar-refractivity contribution in [1.82, 2.24) is 19.9 Å². The molecule has 6 nitrogen and oxygen atoms in total. The van der Waals surface area contributed by atoms with Crippen LogP contribution in [0.4, 0.5) is 5.82 Å². The number of nitrogens with two attached hydrogens (primary N) is 1. The van der Waals surface area contributed by atoms with Crippen molar-refractivity contribution >= 4 is 28.6 Å². The van der Waals surface area contributed by atoms with Crippen LogP contribution in [0.15, 0.2) is 30.6 Å². The Morgan fingerprint density at radius 1 is 1.21 bits per heavy atom. The van der Waals surface area contributed by atoms with Crippen molar-refractivity contribution in [3.8, 4) is 5.75 Å². The van der Waals surface area contributed by atoms with Crippen molar-refractivity contribution in [2.45, 2.75) is 6.61 Å². The number of rotatable bonds is 3. The van der Waals surface area contributed by atoms with Gasteiger partial charge in [0.2, 0.25) is 0 Å². The number of fused-ring (bicyclic) bond motifs is 1. The number of anilines is 1. The average Bonchev–Trinajstić information content (AvgIpc) is 2.83. The van der Waals surface area contributed by atoms with E-state index in [1.807, 2.05) is 0 Å². The normalized spacial score (nSPS) is 10.8. The lowest BCUT2D eigenvalue weighted by atomic mass is 10.3. The van der Waals surface area contributed by atoms with E-state index in [9.17, 15) is 0 Å². The summed E-state index contributed by atoms with van der Waals surface area (Å²) in [5.74, 6) is 1.72. The fourth-order valence-electron chi connectivity index (χ4n) is 1.65. The first-order valence-electron chi connectivity index (χ1n) is 5.56. The Hall–Kier alpha value is -2.34. The Kier molecular flexibility index (Phi) is 2.92. The third-order valence-electron chi connectivity index (χ3n) is 2.56. The van der Waals surface area contributed by atoms with E-state index >= 15 is 0 Å². The highest BCUT2D eigenvalue weighted by Gasteiger charge is 2.07. The number of hydrogen-bond acceptors (Lipinski definition) is 5. The molecule has 0 aliphatic heterocycles. The number of hydrogen-bond donors (Lipinski definition) is 2. The minimum absolute atomic E-state index is 0.289. The van der Waals surface area contributed by atoms with E-state index in [0.717, 1.165) is 0 Å². The molecule has 3 aromatic rings. The lowest BCUT2D eigenvalue weighted by Gasteiger charge is -2.03. The van der Waals surface area contributed by atoms with Crippen molar-refractivity contribution < 1.29 is 4.74 Å². The maximum Gasteiger partial charge on any atom is 0.183 e. The Morgan fingerprint density at radius 3 is 2.74 bits per heavy atom. The number of nitrogens with zero attached hydrogens (tertiary/aromatic N) is 3. The van der Waals surface area contributed by atoms with Gasteiger partial charge in [-0.15, -0.1) is 0 Å². The topological polar surface area (TPSA) is 89.7 Å². The van der Waals surface area contributed by atoms with Gasteiger partial charge in [-0.2, -0.15) is 0 Å². The first-order chi connectivity index (χ1) is 9.22. The molecule has 2 aromatic heterocycles. The second kappa shape index (κ2) is 4.74. The number of aromatic amines is 1. The molecule has 7 heteroatoms. The predicted octanol–water partition coefficient (Wildman–Crippen LogP) is 2.17. The molecule has 0 aliphatic rings. The van der Waals surface area contributed by atoms with Gasteiger partial charge in [-0.1, -0.05) is 11.6 Å². The summed E-state index contributed by atoms with van der Waals surface area (Å²) < 4.78 is 5.58.